The van der Waals surface area contributed by atoms with Crippen LogP contribution in [0.4, 0.5) is 0 Å². The van der Waals surface area contributed by atoms with E-state index in [4.69, 9.17) is 7.85 Å². The summed E-state index contributed by atoms with van der Waals surface area (Å²) in [5, 5.41) is 0. The van der Waals surface area contributed by atoms with Crippen molar-refractivity contribution in [2.75, 3.05) is 39.2 Å². The molecule has 2 nitrogen and oxygen atoms in total. The second kappa shape index (κ2) is 4.78. The molecule has 0 atom stereocenters. The molecular weight excluding hydrogens is 135 g/mol. The summed E-state index contributed by atoms with van der Waals surface area (Å²) in [5.74, 6) is 0. The Labute approximate surface area is 71.0 Å². The van der Waals surface area contributed by atoms with Gasteiger partial charge in [-0.3, -0.25) is 0 Å². The molecule has 1 aliphatic rings. The van der Waals surface area contributed by atoms with Crippen LogP contribution in [0.1, 0.15) is 13.3 Å². The van der Waals surface area contributed by atoms with Crippen LogP contribution in [0.2, 0.25) is 0 Å². The standard InChI is InChI=1S/C8H17BN2/c1-2-3-10-4-6-11(8-9)7-5-10/h2-8H2,1H3. The third-order valence-corrected chi connectivity index (χ3v) is 2.26. The highest BCUT2D eigenvalue weighted by Crippen LogP contribution is 2.00. The number of hydrogen-bond donors (Lipinski definition) is 0. The van der Waals surface area contributed by atoms with Crippen LogP contribution in [0.15, 0.2) is 0 Å². The molecule has 1 rings (SSSR count). The van der Waals surface area contributed by atoms with Crippen molar-refractivity contribution in [1.29, 1.82) is 0 Å². The molecule has 1 saturated heterocycles. The minimum atomic E-state index is 0.722. The van der Waals surface area contributed by atoms with E-state index in [1.54, 1.807) is 0 Å². The van der Waals surface area contributed by atoms with Crippen molar-refractivity contribution in [3.05, 3.63) is 0 Å². The van der Waals surface area contributed by atoms with E-state index in [1.165, 1.54) is 26.1 Å². The van der Waals surface area contributed by atoms with Crippen molar-refractivity contribution >= 4 is 7.85 Å². The molecule has 0 N–H and O–H groups in total. The summed E-state index contributed by atoms with van der Waals surface area (Å²) < 4.78 is 0. The first kappa shape index (κ1) is 9.08. The summed E-state index contributed by atoms with van der Waals surface area (Å²) in [6.45, 7) is 8.18. The maximum Gasteiger partial charge on any atom is 0.0863 e. The zero-order valence-electron chi connectivity index (χ0n) is 7.42. The fourth-order valence-electron chi connectivity index (χ4n) is 1.51. The maximum atomic E-state index is 5.53. The van der Waals surface area contributed by atoms with Crippen molar-refractivity contribution in [2.24, 2.45) is 0 Å². The largest absolute Gasteiger partial charge is 0.310 e. The summed E-state index contributed by atoms with van der Waals surface area (Å²) in [7, 11) is 5.53. The van der Waals surface area contributed by atoms with E-state index < -0.39 is 0 Å². The average Bonchev–Trinajstić information content (AvgIpc) is 2.07. The van der Waals surface area contributed by atoms with Crippen molar-refractivity contribution in [2.45, 2.75) is 13.3 Å². The lowest BCUT2D eigenvalue weighted by atomic mass is 10.1. The number of piperazine rings is 1. The van der Waals surface area contributed by atoms with Crippen LogP contribution in [0, 0.1) is 0 Å². The molecular formula is C8H17BN2. The lowest BCUT2D eigenvalue weighted by Crippen LogP contribution is -2.46. The zero-order chi connectivity index (χ0) is 8.10. The van der Waals surface area contributed by atoms with Crippen molar-refractivity contribution < 1.29 is 0 Å². The van der Waals surface area contributed by atoms with Gasteiger partial charge < -0.3 is 9.80 Å². The molecule has 0 aromatic heterocycles. The molecule has 0 spiro atoms. The van der Waals surface area contributed by atoms with Gasteiger partial charge >= 0.3 is 0 Å². The van der Waals surface area contributed by atoms with Crippen LogP contribution in [0.25, 0.3) is 0 Å². The number of hydrogen-bond acceptors (Lipinski definition) is 2. The molecule has 62 valence electrons. The van der Waals surface area contributed by atoms with E-state index in [-0.39, 0.29) is 0 Å². The Morgan fingerprint density at radius 2 is 1.64 bits per heavy atom. The van der Waals surface area contributed by atoms with Crippen molar-refractivity contribution in [3.63, 3.8) is 0 Å². The minimum absolute atomic E-state index is 0.722. The molecule has 0 amide bonds. The van der Waals surface area contributed by atoms with Crippen LogP contribution in [-0.4, -0.2) is 56.8 Å². The summed E-state index contributed by atoms with van der Waals surface area (Å²) >= 11 is 0. The predicted molar refractivity (Wildman–Crippen MR) is 48.9 cm³/mol. The molecule has 11 heavy (non-hydrogen) atoms. The highest BCUT2D eigenvalue weighted by Gasteiger charge is 2.13. The van der Waals surface area contributed by atoms with Crippen LogP contribution in [0.5, 0.6) is 0 Å². The Kier molecular flexibility index (Phi) is 3.94. The number of rotatable bonds is 3. The SMILES string of the molecule is [B]CN1CCN(CCC)CC1. The van der Waals surface area contributed by atoms with Crippen LogP contribution in [-0.2, 0) is 0 Å². The predicted octanol–water partition coefficient (Wildman–Crippen LogP) is 0.140. The van der Waals surface area contributed by atoms with Gasteiger partial charge in [0.2, 0.25) is 0 Å². The Morgan fingerprint density at radius 3 is 2.09 bits per heavy atom. The second-order valence-corrected chi connectivity index (χ2v) is 3.14. The van der Waals surface area contributed by atoms with E-state index in [0.29, 0.717) is 0 Å². The Hall–Kier alpha value is -0.0151. The smallest absolute Gasteiger partial charge is 0.0863 e. The van der Waals surface area contributed by atoms with Gasteiger partial charge in [-0.15, -0.1) is 0 Å². The Morgan fingerprint density at radius 1 is 1.09 bits per heavy atom. The summed E-state index contributed by atoms with van der Waals surface area (Å²) in [5.41, 5.74) is 0. The van der Waals surface area contributed by atoms with Gasteiger partial charge in [-0.2, -0.15) is 0 Å². The third kappa shape index (κ3) is 2.84. The first-order valence-electron chi connectivity index (χ1n) is 4.51. The van der Waals surface area contributed by atoms with Crippen molar-refractivity contribution in [1.82, 2.24) is 9.80 Å². The molecule has 0 aromatic carbocycles. The van der Waals surface area contributed by atoms with E-state index in [1.807, 2.05) is 0 Å². The highest BCUT2D eigenvalue weighted by atomic mass is 15.2. The minimum Gasteiger partial charge on any atom is -0.310 e. The molecule has 1 heterocycles. The number of nitrogens with zero attached hydrogens (tertiary/aromatic N) is 2. The van der Waals surface area contributed by atoms with Crippen LogP contribution in [0.3, 0.4) is 0 Å². The second-order valence-electron chi connectivity index (χ2n) is 3.14. The lowest BCUT2D eigenvalue weighted by molar-refractivity contribution is 0.148. The van der Waals surface area contributed by atoms with E-state index in [0.717, 1.165) is 19.5 Å². The Bertz CT molecular complexity index is 100. The van der Waals surface area contributed by atoms with Gasteiger partial charge in [-0.25, -0.2) is 0 Å². The molecule has 0 bridgehead atoms. The van der Waals surface area contributed by atoms with E-state index in [9.17, 15) is 0 Å². The van der Waals surface area contributed by atoms with Gasteiger partial charge in [0.25, 0.3) is 0 Å². The fourth-order valence-corrected chi connectivity index (χ4v) is 1.51. The molecule has 0 aliphatic carbocycles. The third-order valence-electron chi connectivity index (χ3n) is 2.26. The monoisotopic (exact) mass is 152 g/mol. The Balaban J connectivity index is 2.14. The summed E-state index contributed by atoms with van der Waals surface area (Å²) in [6.07, 6.45) is 1.99. The molecule has 3 heteroatoms. The molecule has 1 fully saturated rings. The molecule has 2 radical (unpaired) electrons. The normalized spacial score (nSPS) is 22.3. The topological polar surface area (TPSA) is 6.48 Å². The quantitative estimate of drug-likeness (QED) is 0.530. The lowest BCUT2D eigenvalue weighted by Gasteiger charge is -2.33. The first-order chi connectivity index (χ1) is 5.36. The summed E-state index contributed by atoms with van der Waals surface area (Å²) in [6, 6.07) is 0. The maximum absolute atomic E-state index is 5.53. The van der Waals surface area contributed by atoms with Gasteiger partial charge in [0, 0.05) is 26.2 Å². The highest BCUT2D eigenvalue weighted by molar-refractivity contribution is 6.08. The van der Waals surface area contributed by atoms with E-state index in [2.05, 4.69) is 16.7 Å². The van der Waals surface area contributed by atoms with Gasteiger partial charge in [0.05, 0.1) is 7.85 Å². The average molecular weight is 152 g/mol. The van der Waals surface area contributed by atoms with Crippen LogP contribution < -0.4 is 0 Å². The van der Waals surface area contributed by atoms with Gasteiger partial charge in [0.15, 0.2) is 0 Å². The molecule has 0 unspecified atom stereocenters. The molecule has 0 saturated carbocycles. The van der Waals surface area contributed by atoms with Crippen LogP contribution >= 0.6 is 0 Å². The molecule has 0 aromatic rings. The van der Waals surface area contributed by atoms with E-state index >= 15 is 0 Å². The fraction of sp³-hybridized carbons (Fsp3) is 1.00. The van der Waals surface area contributed by atoms with Gasteiger partial charge in [0.1, 0.15) is 0 Å². The zero-order valence-corrected chi connectivity index (χ0v) is 7.42. The first-order valence-corrected chi connectivity index (χ1v) is 4.51. The van der Waals surface area contributed by atoms with Gasteiger partial charge in [-0.1, -0.05) is 6.92 Å². The molecule has 1 aliphatic heterocycles. The summed E-state index contributed by atoms with van der Waals surface area (Å²) in [4.78, 5) is 4.80. The van der Waals surface area contributed by atoms with Gasteiger partial charge in [-0.05, 0) is 19.4 Å². The van der Waals surface area contributed by atoms with Crippen molar-refractivity contribution in [3.8, 4) is 0 Å².